The lowest BCUT2D eigenvalue weighted by atomic mass is 9.76. The van der Waals surface area contributed by atoms with E-state index in [4.69, 9.17) is 15.6 Å². The van der Waals surface area contributed by atoms with Crippen LogP contribution < -0.4 is 5.73 Å². The first-order chi connectivity index (χ1) is 7.93. The Labute approximate surface area is 106 Å². The quantitative estimate of drug-likeness (QED) is 0.745. The topological polar surface area (TPSA) is 55.5 Å². The van der Waals surface area contributed by atoms with Crippen LogP contribution >= 0.6 is 0 Å². The summed E-state index contributed by atoms with van der Waals surface area (Å²) in [4.78, 5) is 0. The largest absolute Gasteiger partial charge is 0.394 e. The van der Waals surface area contributed by atoms with E-state index < -0.39 is 0 Å². The van der Waals surface area contributed by atoms with E-state index in [2.05, 4.69) is 20.8 Å². The molecule has 0 amide bonds. The highest BCUT2D eigenvalue weighted by molar-refractivity contribution is 4.88. The van der Waals surface area contributed by atoms with Crippen molar-refractivity contribution in [2.45, 2.75) is 58.5 Å². The van der Waals surface area contributed by atoms with E-state index in [0.29, 0.717) is 18.6 Å². The van der Waals surface area contributed by atoms with Crippen LogP contribution in [0.2, 0.25) is 0 Å². The number of ether oxygens (including phenoxy) is 1. The molecule has 1 saturated carbocycles. The van der Waals surface area contributed by atoms with Crippen molar-refractivity contribution in [3.8, 4) is 0 Å². The summed E-state index contributed by atoms with van der Waals surface area (Å²) in [7, 11) is 0. The molecule has 0 bridgehead atoms. The van der Waals surface area contributed by atoms with Gasteiger partial charge in [0, 0.05) is 6.54 Å². The van der Waals surface area contributed by atoms with Crippen molar-refractivity contribution < 1.29 is 9.84 Å². The van der Waals surface area contributed by atoms with Gasteiger partial charge in [-0.05, 0) is 37.0 Å². The van der Waals surface area contributed by atoms with Gasteiger partial charge in [-0.2, -0.15) is 0 Å². The normalized spacial score (nSPS) is 31.2. The monoisotopic (exact) mass is 243 g/mol. The Balaban J connectivity index is 2.60. The van der Waals surface area contributed by atoms with Gasteiger partial charge < -0.3 is 15.6 Å². The fourth-order valence-electron chi connectivity index (χ4n) is 2.91. The third kappa shape index (κ3) is 4.23. The molecular formula is C14H29NO2. The highest BCUT2D eigenvalue weighted by Gasteiger charge is 2.35. The summed E-state index contributed by atoms with van der Waals surface area (Å²) in [5.41, 5.74) is 6.10. The Kier molecular flexibility index (Phi) is 5.42. The molecule has 3 heteroatoms. The maximum absolute atomic E-state index is 8.89. The zero-order chi connectivity index (χ0) is 12.9. The predicted molar refractivity (Wildman–Crippen MR) is 70.9 cm³/mol. The maximum Gasteiger partial charge on any atom is 0.0805 e. The van der Waals surface area contributed by atoms with E-state index >= 15 is 0 Å². The smallest absolute Gasteiger partial charge is 0.0805 e. The zero-order valence-corrected chi connectivity index (χ0v) is 11.7. The number of aliphatic hydroxyl groups excluding tert-OH is 1. The van der Waals surface area contributed by atoms with Crippen LogP contribution in [0.15, 0.2) is 0 Å². The van der Waals surface area contributed by atoms with Gasteiger partial charge in [0.1, 0.15) is 0 Å². The third-order valence-corrected chi connectivity index (χ3v) is 4.23. The molecule has 0 saturated heterocycles. The van der Waals surface area contributed by atoms with Crippen LogP contribution in [0.25, 0.3) is 0 Å². The molecule has 2 unspecified atom stereocenters. The van der Waals surface area contributed by atoms with Crippen LogP contribution in [-0.2, 0) is 4.74 Å². The molecule has 0 radical (unpaired) electrons. The Morgan fingerprint density at radius 2 is 2.00 bits per heavy atom. The summed E-state index contributed by atoms with van der Waals surface area (Å²) in [6.07, 6.45) is 5.71. The number of hydrogen-bond acceptors (Lipinski definition) is 3. The first kappa shape index (κ1) is 14.9. The minimum Gasteiger partial charge on any atom is -0.394 e. The Morgan fingerprint density at radius 1 is 1.29 bits per heavy atom. The lowest BCUT2D eigenvalue weighted by Crippen LogP contribution is -2.41. The lowest BCUT2D eigenvalue weighted by Gasteiger charge is -2.33. The Bertz CT molecular complexity index is 225. The van der Waals surface area contributed by atoms with E-state index in [1.54, 1.807) is 0 Å². The molecule has 3 nitrogen and oxygen atoms in total. The fourth-order valence-corrected chi connectivity index (χ4v) is 2.91. The molecular weight excluding hydrogens is 214 g/mol. The van der Waals surface area contributed by atoms with Gasteiger partial charge in [0.15, 0.2) is 0 Å². The van der Waals surface area contributed by atoms with Gasteiger partial charge in [-0.1, -0.05) is 27.2 Å². The van der Waals surface area contributed by atoms with Crippen LogP contribution in [-0.4, -0.2) is 30.5 Å². The number of hydrogen-bond donors (Lipinski definition) is 2. The first-order valence-corrected chi connectivity index (χ1v) is 6.88. The molecule has 0 heterocycles. The Hall–Kier alpha value is -0.120. The van der Waals surface area contributed by atoms with Crippen LogP contribution in [0, 0.1) is 11.3 Å². The van der Waals surface area contributed by atoms with Gasteiger partial charge in [-0.15, -0.1) is 0 Å². The molecule has 0 aromatic rings. The van der Waals surface area contributed by atoms with E-state index in [1.165, 1.54) is 19.3 Å². The average Bonchev–Trinajstić information content (AvgIpc) is 2.49. The van der Waals surface area contributed by atoms with Gasteiger partial charge in [-0.25, -0.2) is 0 Å². The minimum atomic E-state index is -0.178. The summed E-state index contributed by atoms with van der Waals surface area (Å²) in [5.74, 6) is 0.758. The second-order valence-electron chi connectivity index (χ2n) is 6.45. The van der Waals surface area contributed by atoms with Crippen molar-refractivity contribution in [3.63, 3.8) is 0 Å². The number of rotatable bonds is 4. The highest BCUT2D eigenvalue weighted by Crippen LogP contribution is 2.40. The summed E-state index contributed by atoms with van der Waals surface area (Å²) in [6.45, 7) is 8.04. The summed E-state index contributed by atoms with van der Waals surface area (Å²) < 4.78 is 5.83. The molecule has 0 aromatic heterocycles. The second kappa shape index (κ2) is 6.17. The zero-order valence-electron chi connectivity index (χ0n) is 11.7. The van der Waals surface area contributed by atoms with Crippen molar-refractivity contribution >= 4 is 0 Å². The summed E-state index contributed by atoms with van der Waals surface area (Å²) in [5, 5.41) is 8.89. The van der Waals surface area contributed by atoms with Crippen LogP contribution in [0.1, 0.15) is 52.9 Å². The molecule has 1 fully saturated rings. The summed E-state index contributed by atoms with van der Waals surface area (Å²) >= 11 is 0. The van der Waals surface area contributed by atoms with Crippen molar-refractivity contribution in [3.05, 3.63) is 0 Å². The van der Waals surface area contributed by atoms with Crippen LogP contribution in [0.5, 0.6) is 0 Å². The molecule has 2 atom stereocenters. The molecule has 1 rings (SSSR count). The van der Waals surface area contributed by atoms with Crippen LogP contribution in [0.3, 0.4) is 0 Å². The van der Waals surface area contributed by atoms with Crippen molar-refractivity contribution in [2.24, 2.45) is 17.1 Å². The predicted octanol–water partition coefficient (Wildman–Crippen LogP) is 2.32. The highest BCUT2D eigenvalue weighted by atomic mass is 16.5. The van der Waals surface area contributed by atoms with E-state index in [1.807, 2.05) is 0 Å². The van der Waals surface area contributed by atoms with Gasteiger partial charge in [-0.3, -0.25) is 0 Å². The van der Waals surface area contributed by atoms with Crippen molar-refractivity contribution in [1.82, 2.24) is 0 Å². The van der Waals surface area contributed by atoms with Crippen molar-refractivity contribution in [1.29, 1.82) is 0 Å². The SMILES string of the molecule is CC(C)(C)C1CCCC(CN)(OCCO)CC1. The molecule has 1 aliphatic carbocycles. The minimum absolute atomic E-state index is 0.0877. The van der Waals surface area contributed by atoms with Gasteiger partial charge >= 0.3 is 0 Å². The fraction of sp³-hybridized carbons (Fsp3) is 1.00. The molecule has 0 aromatic carbocycles. The summed E-state index contributed by atoms with van der Waals surface area (Å²) in [6, 6.07) is 0. The second-order valence-corrected chi connectivity index (χ2v) is 6.45. The standard InChI is InChI=1S/C14H29NO2/c1-13(2,3)12-5-4-7-14(11-15,8-6-12)17-10-9-16/h12,16H,4-11,15H2,1-3H3. The third-order valence-electron chi connectivity index (χ3n) is 4.23. The molecule has 1 aliphatic rings. The molecule has 3 N–H and O–H groups in total. The van der Waals surface area contributed by atoms with Gasteiger partial charge in [0.2, 0.25) is 0 Å². The first-order valence-electron chi connectivity index (χ1n) is 6.88. The molecule has 102 valence electrons. The maximum atomic E-state index is 8.89. The molecule has 17 heavy (non-hydrogen) atoms. The van der Waals surface area contributed by atoms with Crippen LogP contribution in [0.4, 0.5) is 0 Å². The average molecular weight is 243 g/mol. The van der Waals surface area contributed by atoms with Gasteiger partial charge in [0.25, 0.3) is 0 Å². The number of nitrogens with two attached hydrogens (primary N) is 1. The van der Waals surface area contributed by atoms with Gasteiger partial charge in [0.05, 0.1) is 18.8 Å². The molecule has 0 aliphatic heterocycles. The Morgan fingerprint density at radius 3 is 2.53 bits per heavy atom. The van der Waals surface area contributed by atoms with E-state index in [-0.39, 0.29) is 12.2 Å². The number of aliphatic hydroxyl groups is 1. The van der Waals surface area contributed by atoms with E-state index in [0.717, 1.165) is 18.8 Å². The van der Waals surface area contributed by atoms with Crippen molar-refractivity contribution in [2.75, 3.05) is 19.8 Å². The van der Waals surface area contributed by atoms with E-state index in [9.17, 15) is 0 Å². The lowest BCUT2D eigenvalue weighted by molar-refractivity contribution is -0.0625. The molecule has 0 spiro atoms.